The van der Waals surface area contributed by atoms with Gasteiger partial charge in [-0.25, -0.2) is 0 Å². The van der Waals surface area contributed by atoms with Crippen molar-refractivity contribution in [2.75, 3.05) is 6.61 Å². The topological polar surface area (TPSA) is 60.7 Å². The molecule has 0 saturated heterocycles. The van der Waals surface area contributed by atoms with Gasteiger partial charge in [-0.3, -0.25) is 0 Å². The van der Waals surface area contributed by atoms with Crippen LogP contribution in [0.3, 0.4) is 0 Å². The summed E-state index contributed by atoms with van der Waals surface area (Å²) in [5.74, 6) is 2.45. The van der Waals surface area contributed by atoms with E-state index in [-0.39, 0.29) is 11.5 Å². The van der Waals surface area contributed by atoms with E-state index in [4.69, 9.17) is 5.11 Å². The predicted octanol–water partition coefficient (Wildman–Crippen LogP) is 6.67. The molecule has 1 aliphatic rings. The molecule has 0 bridgehead atoms. The van der Waals surface area contributed by atoms with E-state index in [0.717, 1.165) is 30.6 Å². The lowest BCUT2D eigenvalue weighted by Gasteiger charge is -2.20. The third kappa shape index (κ3) is 9.53. The third-order valence-electron chi connectivity index (χ3n) is 6.11. The summed E-state index contributed by atoms with van der Waals surface area (Å²) in [5.41, 5.74) is 0. The van der Waals surface area contributed by atoms with Gasteiger partial charge in [0.25, 0.3) is 0 Å². The van der Waals surface area contributed by atoms with Crippen molar-refractivity contribution in [3.63, 3.8) is 0 Å². The molecule has 148 valence electrons. The number of aliphatic hydroxyl groups excluding tert-OH is 3. The van der Waals surface area contributed by atoms with Crippen molar-refractivity contribution in [1.82, 2.24) is 0 Å². The van der Waals surface area contributed by atoms with Gasteiger partial charge in [0, 0.05) is 6.42 Å². The van der Waals surface area contributed by atoms with Gasteiger partial charge in [-0.1, -0.05) is 90.9 Å². The Bertz CT molecular complexity index is 364. The van der Waals surface area contributed by atoms with Crippen LogP contribution in [0.1, 0.15) is 104 Å². The predicted molar refractivity (Wildman–Crippen MR) is 106 cm³/mol. The Hall–Kier alpha value is -0.700. The van der Waals surface area contributed by atoms with Crippen molar-refractivity contribution >= 4 is 0 Å². The van der Waals surface area contributed by atoms with Crippen molar-refractivity contribution in [2.24, 2.45) is 17.8 Å². The van der Waals surface area contributed by atoms with Gasteiger partial charge in [-0.15, -0.1) is 0 Å². The Morgan fingerprint density at radius 1 is 0.880 bits per heavy atom. The molecular formula is C22H42O3. The van der Waals surface area contributed by atoms with Crippen LogP contribution in [0.15, 0.2) is 11.5 Å². The average molecular weight is 355 g/mol. The molecule has 25 heavy (non-hydrogen) atoms. The summed E-state index contributed by atoms with van der Waals surface area (Å²) < 4.78 is 0. The second-order valence-corrected chi connectivity index (χ2v) is 8.28. The van der Waals surface area contributed by atoms with Crippen molar-refractivity contribution in [2.45, 2.75) is 104 Å². The SMILES string of the molecule is CCCC[C@@H](C)CCC[C@H]1CCC[C@@H]1CCCCCC(O)=C(O)CO. The van der Waals surface area contributed by atoms with Crippen LogP contribution in [0.2, 0.25) is 0 Å². The maximum atomic E-state index is 9.54. The highest BCUT2D eigenvalue weighted by Crippen LogP contribution is 2.38. The molecule has 1 aliphatic carbocycles. The Balaban J connectivity index is 2.12. The minimum Gasteiger partial charge on any atom is -0.509 e. The van der Waals surface area contributed by atoms with Crippen molar-refractivity contribution in [3.05, 3.63) is 11.5 Å². The van der Waals surface area contributed by atoms with Crippen molar-refractivity contribution in [1.29, 1.82) is 0 Å². The van der Waals surface area contributed by atoms with Crippen LogP contribution in [-0.4, -0.2) is 21.9 Å². The number of rotatable bonds is 14. The fourth-order valence-corrected chi connectivity index (χ4v) is 4.41. The van der Waals surface area contributed by atoms with Crippen LogP contribution < -0.4 is 0 Å². The number of hydrogen-bond donors (Lipinski definition) is 3. The molecule has 1 fully saturated rings. The molecule has 0 aromatic rings. The van der Waals surface area contributed by atoms with E-state index in [9.17, 15) is 10.2 Å². The number of unbranched alkanes of at least 4 members (excludes halogenated alkanes) is 3. The zero-order valence-electron chi connectivity index (χ0n) is 16.7. The lowest BCUT2D eigenvalue weighted by atomic mass is 9.85. The van der Waals surface area contributed by atoms with Crippen LogP contribution in [0.4, 0.5) is 0 Å². The fraction of sp³-hybridized carbons (Fsp3) is 0.909. The van der Waals surface area contributed by atoms with Crippen LogP contribution in [-0.2, 0) is 0 Å². The molecule has 0 aromatic carbocycles. The highest BCUT2D eigenvalue weighted by molar-refractivity contribution is 4.97. The van der Waals surface area contributed by atoms with E-state index in [1.807, 2.05) is 0 Å². The summed E-state index contributed by atoms with van der Waals surface area (Å²) in [6, 6.07) is 0. The number of hydrogen-bond acceptors (Lipinski definition) is 3. The van der Waals surface area contributed by atoms with Gasteiger partial charge in [-0.2, -0.15) is 0 Å². The summed E-state index contributed by atoms with van der Waals surface area (Å²) in [4.78, 5) is 0. The quantitative estimate of drug-likeness (QED) is 0.241. The second kappa shape index (κ2) is 13.5. The molecule has 3 nitrogen and oxygen atoms in total. The minimum atomic E-state index is -0.466. The first-order valence-electron chi connectivity index (χ1n) is 10.8. The summed E-state index contributed by atoms with van der Waals surface area (Å²) in [5, 5.41) is 27.5. The second-order valence-electron chi connectivity index (χ2n) is 8.28. The molecule has 0 aliphatic heterocycles. The third-order valence-corrected chi connectivity index (χ3v) is 6.11. The maximum Gasteiger partial charge on any atom is 0.155 e. The molecule has 0 spiro atoms. The Morgan fingerprint density at radius 2 is 1.52 bits per heavy atom. The molecule has 0 aromatic heterocycles. The van der Waals surface area contributed by atoms with E-state index in [2.05, 4.69) is 13.8 Å². The molecule has 0 heterocycles. The Kier molecular flexibility index (Phi) is 12.1. The van der Waals surface area contributed by atoms with Crippen LogP contribution in [0, 0.1) is 17.8 Å². The van der Waals surface area contributed by atoms with Crippen LogP contribution in [0.25, 0.3) is 0 Å². The lowest BCUT2D eigenvalue weighted by Crippen LogP contribution is -2.09. The molecule has 0 amide bonds. The Labute approximate surface area is 155 Å². The molecule has 1 saturated carbocycles. The van der Waals surface area contributed by atoms with Gasteiger partial charge in [-0.05, 0) is 24.2 Å². The lowest BCUT2D eigenvalue weighted by molar-refractivity contribution is 0.222. The van der Waals surface area contributed by atoms with E-state index >= 15 is 0 Å². The summed E-state index contributed by atoms with van der Waals surface area (Å²) in [6.45, 7) is 4.23. The smallest absolute Gasteiger partial charge is 0.155 e. The van der Waals surface area contributed by atoms with Gasteiger partial charge in [0.15, 0.2) is 5.76 Å². The summed E-state index contributed by atoms with van der Waals surface area (Å²) in [7, 11) is 0. The van der Waals surface area contributed by atoms with E-state index in [0.29, 0.717) is 6.42 Å². The first-order valence-corrected chi connectivity index (χ1v) is 10.8. The van der Waals surface area contributed by atoms with Crippen molar-refractivity contribution in [3.8, 4) is 0 Å². The highest BCUT2D eigenvalue weighted by atomic mass is 16.3. The molecular weight excluding hydrogens is 312 g/mol. The van der Waals surface area contributed by atoms with Crippen LogP contribution in [0.5, 0.6) is 0 Å². The largest absolute Gasteiger partial charge is 0.509 e. The zero-order valence-corrected chi connectivity index (χ0v) is 16.7. The summed E-state index contributed by atoms with van der Waals surface area (Å²) >= 11 is 0. The van der Waals surface area contributed by atoms with Gasteiger partial charge >= 0.3 is 0 Å². The normalized spacial score (nSPS) is 22.8. The zero-order chi connectivity index (χ0) is 18.5. The van der Waals surface area contributed by atoms with Gasteiger partial charge in [0.2, 0.25) is 0 Å². The first-order chi connectivity index (χ1) is 12.1. The van der Waals surface area contributed by atoms with Gasteiger partial charge in [0.05, 0.1) is 0 Å². The molecule has 0 unspecified atom stereocenters. The average Bonchev–Trinajstić information content (AvgIpc) is 3.06. The van der Waals surface area contributed by atoms with Gasteiger partial charge in [0.1, 0.15) is 12.4 Å². The molecule has 3 atom stereocenters. The Morgan fingerprint density at radius 3 is 2.16 bits per heavy atom. The van der Waals surface area contributed by atoms with E-state index in [1.165, 1.54) is 70.6 Å². The van der Waals surface area contributed by atoms with E-state index < -0.39 is 6.61 Å². The van der Waals surface area contributed by atoms with Gasteiger partial charge < -0.3 is 15.3 Å². The van der Waals surface area contributed by atoms with Crippen LogP contribution >= 0.6 is 0 Å². The van der Waals surface area contributed by atoms with E-state index in [1.54, 1.807) is 0 Å². The number of aliphatic hydroxyl groups is 3. The van der Waals surface area contributed by atoms with Crippen molar-refractivity contribution < 1.29 is 15.3 Å². The fourth-order valence-electron chi connectivity index (χ4n) is 4.41. The molecule has 3 heteroatoms. The molecule has 0 radical (unpaired) electrons. The number of allylic oxidation sites excluding steroid dienone is 1. The maximum absolute atomic E-state index is 9.54. The monoisotopic (exact) mass is 354 g/mol. The molecule has 3 N–H and O–H groups in total. The standard InChI is InChI=1S/C22H42O3/c1-3-4-10-18(2)11-8-13-20-15-9-14-19(20)12-6-5-7-16-21(24)22(25)17-23/h18-20,23-25H,3-17H2,1-2H3/t18-,19+,20+/m1/s1. The molecule has 1 rings (SSSR count). The summed E-state index contributed by atoms with van der Waals surface area (Å²) in [6.07, 6.45) is 17.6. The highest BCUT2D eigenvalue weighted by Gasteiger charge is 2.26. The first kappa shape index (κ1) is 22.3. The minimum absolute atomic E-state index is 0.0431.